The summed E-state index contributed by atoms with van der Waals surface area (Å²) >= 11 is 0. The molecule has 1 fully saturated rings. The van der Waals surface area contributed by atoms with Gasteiger partial charge in [0.2, 0.25) is 15.6 Å². The van der Waals surface area contributed by atoms with Crippen LogP contribution < -0.4 is 23.8 Å². The van der Waals surface area contributed by atoms with Gasteiger partial charge in [0.25, 0.3) is 11.6 Å². The van der Waals surface area contributed by atoms with E-state index in [0.717, 1.165) is 11.0 Å². The molecule has 0 aliphatic carbocycles. The van der Waals surface area contributed by atoms with Crippen LogP contribution in [0, 0.1) is 10.1 Å². The number of hydrogen-bond acceptors (Lipinski definition) is 9. The number of ether oxygens (including phenoxy) is 4. The minimum absolute atomic E-state index is 0.0692. The van der Waals surface area contributed by atoms with E-state index in [1.54, 1.807) is 24.3 Å². The highest BCUT2D eigenvalue weighted by molar-refractivity contribution is 7.97. The van der Waals surface area contributed by atoms with Crippen LogP contribution in [0.5, 0.6) is 23.0 Å². The van der Waals surface area contributed by atoms with Crippen LogP contribution in [-0.4, -0.2) is 47.2 Å². The number of sulfone groups is 1. The molecule has 1 aliphatic rings. The van der Waals surface area contributed by atoms with Gasteiger partial charge in [0.05, 0.1) is 32.9 Å². The van der Waals surface area contributed by atoms with Gasteiger partial charge in [0.15, 0.2) is 16.9 Å². The number of nitrogens with zero attached hydrogens (tertiary/aromatic N) is 2. The molecule has 0 radical (unpaired) electrons. The summed E-state index contributed by atoms with van der Waals surface area (Å²) in [5.74, 6) is 0.573. The van der Waals surface area contributed by atoms with Crippen LogP contribution in [0.1, 0.15) is 23.4 Å². The van der Waals surface area contributed by atoms with Crippen LogP contribution >= 0.6 is 0 Å². The smallest absolute Gasteiger partial charge is 0.271 e. The number of non-ortho nitro benzene ring substituents is 1. The number of methoxy groups -OCH3 is 3. The third-order valence-corrected chi connectivity index (χ3v) is 8.02. The summed E-state index contributed by atoms with van der Waals surface area (Å²) in [6.45, 7) is 2.25. The normalized spacial score (nSPS) is 17.2. The van der Waals surface area contributed by atoms with Gasteiger partial charge in [-0.1, -0.05) is 12.1 Å². The average molecular weight is 555 g/mol. The second kappa shape index (κ2) is 11.0. The molecule has 0 unspecified atom stereocenters. The SMILES string of the molecule is CCOc1ccc(N2C(=O)/C(=C\c3cc(OC)c(OC)c(OC)c3)S(=O)(=O)[C@@H]2c2cccc([N+](=O)[O-])c2)cc1. The lowest BCUT2D eigenvalue weighted by molar-refractivity contribution is -0.384. The first kappa shape index (κ1) is 27.5. The molecule has 12 heteroatoms. The quantitative estimate of drug-likeness (QED) is 0.212. The first-order chi connectivity index (χ1) is 18.7. The summed E-state index contributed by atoms with van der Waals surface area (Å²) in [5, 5.41) is 9.89. The highest BCUT2D eigenvalue weighted by Gasteiger charge is 2.50. The molecule has 1 aliphatic heterocycles. The lowest BCUT2D eigenvalue weighted by Crippen LogP contribution is -2.29. The van der Waals surface area contributed by atoms with Crippen molar-refractivity contribution >= 4 is 33.2 Å². The van der Waals surface area contributed by atoms with E-state index in [1.165, 1.54) is 57.7 Å². The molecule has 11 nitrogen and oxygen atoms in total. The predicted octanol–water partition coefficient (Wildman–Crippen LogP) is 4.52. The third kappa shape index (κ3) is 5.10. The maximum atomic E-state index is 14.0. The molecule has 0 aromatic heterocycles. The molecular formula is C27H26N2O9S. The lowest BCUT2D eigenvalue weighted by Gasteiger charge is -2.23. The Morgan fingerprint density at radius 1 is 0.974 bits per heavy atom. The lowest BCUT2D eigenvalue weighted by atomic mass is 10.1. The summed E-state index contributed by atoms with van der Waals surface area (Å²) in [5.41, 5.74) is 0.350. The van der Waals surface area contributed by atoms with Gasteiger partial charge in [-0.3, -0.25) is 19.8 Å². The first-order valence-electron chi connectivity index (χ1n) is 11.7. The number of carbonyl (C=O) groups is 1. The fourth-order valence-corrected chi connectivity index (χ4v) is 6.21. The summed E-state index contributed by atoms with van der Waals surface area (Å²) in [6.07, 6.45) is 1.22. The van der Waals surface area contributed by atoms with Crippen molar-refractivity contribution in [3.05, 3.63) is 86.8 Å². The van der Waals surface area contributed by atoms with E-state index in [0.29, 0.717) is 23.7 Å². The van der Waals surface area contributed by atoms with Crippen molar-refractivity contribution in [3.63, 3.8) is 0 Å². The predicted molar refractivity (Wildman–Crippen MR) is 144 cm³/mol. The van der Waals surface area contributed by atoms with Gasteiger partial charge in [-0.05, 0) is 60.5 Å². The van der Waals surface area contributed by atoms with Crippen molar-refractivity contribution in [2.45, 2.75) is 12.3 Å². The number of benzene rings is 3. The molecule has 204 valence electrons. The van der Waals surface area contributed by atoms with Crippen LogP contribution in [-0.2, 0) is 14.6 Å². The van der Waals surface area contributed by atoms with Gasteiger partial charge in [0.1, 0.15) is 10.7 Å². The Bertz CT molecular complexity index is 1520. The molecule has 39 heavy (non-hydrogen) atoms. The molecule has 1 heterocycles. The molecule has 4 rings (SSSR count). The molecule has 0 saturated carbocycles. The summed E-state index contributed by atoms with van der Waals surface area (Å²) in [6, 6.07) is 14.6. The summed E-state index contributed by atoms with van der Waals surface area (Å²) in [7, 11) is -0.111. The molecule has 3 aromatic rings. The Balaban J connectivity index is 1.92. The van der Waals surface area contributed by atoms with Crippen molar-refractivity contribution in [1.82, 2.24) is 0 Å². The molecule has 0 spiro atoms. The average Bonchev–Trinajstić information content (AvgIpc) is 3.13. The standard InChI is InChI=1S/C27H26N2O9S/c1-5-38-21-11-9-19(10-12-21)28-26(30)24(15-17-13-22(35-2)25(37-4)23(14-17)36-3)39(33,34)27(28)18-7-6-8-20(16-18)29(31)32/h6-16,27H,5H2,1-4H3/b24-15+/t27-/m1/s1. The zero-order chi connectivity index (χ0) is 28.3. The van der Waals surface area contributed by atoms with Gasteiger partial charge in [-0.2, -0.15) is 0 Å². The summed E-state index contributed by atoms with van der Waals surface area (Å²) in [4.78, 5) is 25.2. The monoisotopic (exact) mass is 554 g/mol. The maximum Gasteiger partial charge on any atom is 0.271 e. The van der Waals surface area contributed by atoms with Gasteiger partial charge in [-0.15, -0.1) is 0 Å². The second-order valence-electron chi connectivity index (χ2n) is 8.32. The Morgan fingerprint density at radius 2 is 1.62 bits per heavy atom. The Kier molecular flexibility index (Phi) is 7.77. The number of carbonyl (C=O) groups excluding carboxylic acids is 1. The van der Waals surface area contributed by atoms with Crippen molar-refractivity contribution in [3.8, 4) is 23.0 Å². The van der Waals surface area contributed by atoms with Gasteiger partial charge in [0, 0.05) is 17.8 Å². The fourth-order valence-electron chi connectivity index (χ4n) is 4.33. The zero-order valence-corrected chi connectivity index (χ0v) is 22.4. The molecule has 0 N–H and O–H groups in total. The number of rotatable bonds is 9. The van der Waals surface area contributed by atoms with Crippen LogP contribution in [0.15, 0.2) is 65.6 Å². The molecule has 1 amide bonds. The number of anilines is 1. The number of nitro groups is 1. The van der Waals surface area contributed by atoms with Gasteiger partial charge >= 0.3 is 0 Å². The minimum Gasteiger partial charge on any atom is -0.494 e. The summed E-state index contributed by atoms with van der Waals surface area (Å²) < 4.78 is 49.4. The topological polar surface area (TPSA) is 135 Å². The van der Waals surface area contributed by atoms with E-state index in [9.17, 15) is 23.3 Å². The first-order valence-corrected chi connectivity index (χ1v) is 13.3. The molecule has 1 atom stereocenters. The maximum absolute atomic E-state index is 14.0. The van der Waals surface area contributed by atoms with Crippen LogP contribution in [0.4, 0.5) is 11.4 Å². The number of hydrogen-bond donors (Lipinski definition) is 0. The van der Waals surface area contributed by atoms with Crippen LogP contribution in [0.3, 0.4) is 0 Å². The van der Waals surface area contributed by atoms with Gasteiger partial charge < -0.3 is 18.9 Å². The highest BCUT2D eigenvalue weighted by atomic mass is 32.2. The fraction of sp³-hybridized carbons (Fsp3) is 0.222. The largest absolute Gasteiger partial charge is 0.494 e. The Labute approximate surface area is 225 Å². The molecule has 0 bridgehead atoms. The van der Waals surface area contributed by atoms with Crippen molar-refractivity contribution in [2.75, 3.05) is 32.8 Å². The second-order valence-corrected chi connectivity index (χ2v) is 10.3. The molecular weight excluding hydrogens is 528 g/mol. The van der Waals surface area contributed by atoms with Crippen molar-refractivity contribution < 1.29 is 37.1 Å². The zero-order valence-electron chi connectivity index (χ0n) is 21.6. The molecule has 1 saturated heterocycles. The van der Waals surface area contributed by atoms with E-state index < -0.39 is 30.9 Å². The van der Waals surface area contributed by atoms with E-state index in [2.05, 4.69) is 0 Å². The van der Waals surface area contributed by atoms with E-state index >= 15 is 0 Å². The van der Waals surface area contributed by atoms with Crippen LogP contribution in [0.2, 0.25) is 0 Å². The van der Waals surface area contributed by atoms with E-state index in [4.69, 9.17) is 18.9 Å². The van der Waals surface area contributed by atoms with E-state index in [-0.39, 0.29) is 28.4 Å². The number of nitro benzene ring substituents is 1. The third-order valence-electron chi connectivity index (χ3n) is 6.04. The van der Waals surface area contributed by atoms with Crippen molar-refractivity contribution in [2.24, 2.45) is 0 Å². The number of amides is 1. The van der Waals surface area contributed by atoms with Gasteiger partial charge in [-0.25, -0.2) is 8.42 Å². The Morgan fingerprint density at radius 3 is 2.15 bits per heavy atom. The van der Waals surface area contributed by atoms with Crippen molar-refractivity contribution in [1.29, 1.82) is 0 Å². The highest BCUT2D eigenvalue weighted by Crippen LogP contribution is 2.45. The molecule has 3 aromatic carbocycles. The van der Waals surface area contributed by atoms with E-state index in [1.807, 2.05) is 6.92 Å². The Hall–Kier alpha value is -4.58. The van der Waals surface area contributed by atoms with Crippen LogP contribution in [0.25, 0.3) is 6.08 Å². The minimum atomic E-state index is -4.37.